The number of hydrogen-bond donors (Lipinski definition) is 0. The van der Waals surface area contributed by atoms with Crippen molar-refractivity contribution in [3.8, 4) is 0 Å². The third-order valence-electron chi connectivity index (χ3n) is 3.19. The number of amides is 1. The van der Waals surface area contributed by atoms with Gasteiger partial charge in [-0.3, -0.25) is 4.79 Å². The van der Waals surface area contributed by atoms with Gasteiger partial charge in [0.15, 0.2) is 0 Å². The van der Waals surface area contributed by atoms with Gasteiger partial charge in [-0.05, 0) is 37.6 Å². The first kappa shape index (κ1) is 16.1. The topological polar surface area (TPSA) is 20.3 Å². The van der Waals surface area contributed by atoms with Gasteiger partial charge in [0.25, 0.3) is 5.91 Å². The quantitative estimate of drug-likeness (QED) is 0.732. The molecule has 2 aromatic carbocycles. The number of nitrogens with zero attached hydrogens (tertiary/aromatic N) is 1. The van der Waals surface area contributed by atoms with Crippen LogP contribution in [-0.4, -0.2) is 16.8 Å². The minimum atomic E-state index is -0.0166. The highest BCUT2D eigenvalue weighted by atomic mass is 79.9. The minimum Gasteiger partial charge on any atom is -0.332 e. The zero-order chi connectivity index (χ0) is 15.4. The van der Waals surface area contributed by atoms with Gasteiger partial charge in [-0.15, -0.1) is 0 Å². The van der Waals surface area contributed by atoms with Crippen LogP contribution >= 0.6 is 27.5 Å². The molecule has 1 amide bonds. The molecule has 110 valence electrons. The Bertz CT molecular complexity index is 608. The summed E-state index contributed by atoms with van der Waals surface area (Å²) in [7, 11) is 0. The SMILES string of the molecule is CC(C)N(Cc1ccccc1)C(=O)c1cc(Cl)cc(Br)c1. The van der Waals surface area contributed by atoms with Gasteiger partial charge in [0.1, 0.15) is 0 Å². The molecule has 0 spiro atoms. The van der Waals surface area contributed by atoms with Gasteiger partial charge in [-0.1, -0.05) is 57.9 Å². The van der Waals surface area contributed by atoms with Crippen LogP contribution in [0.2, 0.25) is 5.02 Å². The van der Waals surface area contributed by atoms with E-state index in [1.165, 1.54) is 0 Å². The van der Waals surface area contributed by atoms with Crippen LogP contribution in [0.15, 0.2) is 53.0 Å². The van der Waals surface area contributed by atoms with E-state index in [-0.39, 0.29) is 11.9 Å². The Morgan fingerprint density at radius 1 is 1.19 bits per heavy atom. The molecule has 0 aromatic heterocycles. The van der Waals surface area contributed by atoms with Gasteiger partial charge in [0, 0.05) is 27.6 Å². The highest BCUT2D eigenvalue weighted by Crippen LogP contribution is 2.22. The number of hydrogen-bond acceptors (Lipinski definition) is 1. The monoisotopic (exact) mass is 365 g/mol. The van der Waals surface area contributed by atoms with E-state index < -0.39 is 0 Å². The summed E-state index contributed by atoms with van der Waals surface area (Å²) in [6.07, 6.45) is 0. The molecule has 4 heteroatoms. The molecular weight excluding hydrogens is 350 g/mol. The Morgan fingerprint density at radius 3 is 2.43 bits per heavy atom. The fraction of sp³-hybridized carbons (Fsp3) is 0.235. The predicted molar refractivity (Wildman–Crippen MR) is 90.6 cm³/mol. The van der Waals surface area contributed by atoms with Crippen LogP contribution in [0.4, 0.5) is 0 Å². The molecule has 0 aliphatic rings. The van der Waals surface area contributed by atoms with Crippen molar-refractivity contribution in [3.63, 3.8) is 0 Å². The lowest BCUT2D eigenvalue weighted by molar-refractivity contribution is 0.0690. The highest BCUT2D eigenvalue weighted by Gasteiger charge is 2.19. The largest absolute Gasteiger partial charge is 0.332 e. The van der Waals surface area contributed by atoms with E-state index >= 15 is 0 Å². The molecule has 2 nitrogen and oxygen atoms in total. The Morgan fingerprint density at radius 2 is 1.86 bits per heavy atom. The molecule has 0 atom stereocenters. The standard InChI is InChI=1S/C17H17BrClNO/c1-12(2)20(11-13-6-4-3-5-7-13)17(21)14-8-15(18)10-16(19)9-14/h3-10,12H,11H2,1-2H3. The maximum atomic E-state index is 12.7. The molecule has 0 fully saturated rings. The molecule has 2 aromatic rings. The van der Waals surface area contributed by atoms with Crippen molar-refractivity contribution < 1.29 is 4.79 Å². The van der Waals surface area contributed by atoms with E-state index in [9.17, 15) is 4.79 Å². The second-order valence-corrected chi connectivity index (χ2v) is 6.52. The zero-order valence-electron chi connectivity index (χ0n) is 12.0. The molecule has 0 radical (unpaired) electrons. The van der Waals surface area contributed by atoms with Crippen LogP contribution in [0.5, 0.6) is 0 Å². The van der Waals surface area contributed by atoms with Crippen molar-refractivity contribution >= 4 is 33.4 Å². The Kier molecular flexibility index (Phi) is 5.43. The van der Waals surface area contributed by atoms with Crippen molar-refractivity contribution in [2.75, 3.05) is 0 Å². The van der Waals surface area contributed by atoms with Crippen molar-refractivity contribution in [1.82, 2.24) is 4.90 Å². The van der Waals surface area contributed by atoms with Crippen LogP contribution in [0, 0.1) is 0 Å². The predicted octanol–water partition coefficient (Wildman–Crippen LogP) is 5.15. The zero-order valence-corrected chi connectivity index (χ0v) is 14.4. The van der Waals surface area contributed by atoms with Crippen molar-refractivity contribution in [1.29, 1.82) is 0 Å². The summed E-state index contributed by atoms with van der Waals surface area (Å²) in [5.41, 5.74) is 1.71. The van der Waals surface area contributed by atoms with Gasteiger partial charge in [-0.2, -0.15) is 0 Å². The van der Waals surface area contributed by atoms with Crippen LogP contribution in [-0.2, 0) is 6.54 Å². The number of carbonyl (C=O) groups is 1. The van der Waals surface area contributed by atoms with Crippen molar-refractivity contribution in [3.05, 3.63) is 69.2 Å². The number of rotatable bonds is 4. The lowest BCUT2D eigenvalue weighted by Gasteiger charge is -2.27. The normalized spacial score (nSPS) is 10.7. The lowest BCUT2D eigenvalue weighted by Crippen LogP contribution is -2.36. The smallest absolute Gasteiger partial charge is 0.254 e. The van der Waals surface area contributed by atoms with Gasteiger partial charge in [0.2, 0.25) is 0 Å². The maximum Gasteiger partial charge on any atom is 0.254 e. The summed E-state index contributed by atoms with van der Waals surface area (Å²) in [5, 5.41) is 0.552. The van der Waals surface area contributed by atoms with Gasteiger partial charge < -0.3 is 4.90 Å². The molecule has 0 aliphatic heterocycles. The molecule has 0 aliphatic carbocycles. The van der Waals surface area contributed by atoms with E-state index in [0.717, 1.165) is 10.0 Å². The third kappa shape index (κ3) is 4.32. The lowest BCUT2D eigenvalue weighted by atomic mass is 10.1. The fourth-order valence-corrected chi connectivity index (χ4v) is 2.97. The summed E-state index contributed by atoms with van der Waals surface area (Å²) in [6, 6.07) is 15.4. The Labute approximate surface area is 138 Å². The van der Waals surface area contributed by atoms with E-state index in [2.05, 4.69) is 15.9 Å². The summed E-state index contributed by atoms with van der Waals surface area (Å²) in [6.45, 7) is 4.61. The number of benzene rings is 2. The maximum absolute atomic E-state index is 12.7. The number of halogens is 2. The highest BCUT2D eigenvalue weighted by molar-refractivity contribution is 9.10. The third-order valence-corrected chi connectivity index (χ3v) is 3.87. The molecule has 0 heterocycles. The van der Waals surface area contributed by atoms with Gasteiger partial charge in [0.05, 0.1) is 0 Å². The molecule has 21 heavy (non-hydrogen) atoms. The van der Waals surface area contributed by atoms with Crippen LogP contribution in [0.3, 0.4) is 0 Å². The first-order valence-electron chi connectivity index (χ1n) is 6.78. The van der Waals surface area contributed by atoms with E-state index in [0.29, 0.717) is 17.1 Å². The van der Waals surface area contributed by atoms with Gasteiger partial charge in [-0.25, -0.2) is 0 Å². The van der Waals surface area contributed by atoms with E-state index in [1.54, 1.807) is 18.2 Å². The van der Waals surface area contributed by atoms with Crippen molar-refractivity contribution in [2.45, 2.75) is 26.4 Å². The van der Waals surface area contributed by atoms with Crippen LogP contribution in [0.25, 0.3) is 0 Å². The summed E-state index contributed by atoms with van der Waals surface area (Å²) in [5.74, 6) is -0.0166. The molecule has 2 rings (SSSR count). The first-order chi connectivity index (χ1) is 9.97. The second-order valence-electron chi connectivity index (χ2n) is 5.17. The average molecular weight is 367 g/mol. The summed E-state index contributed by atoms with van der Waals surface area (Å²) < 4.78 is 0.807. The summed E-state index contributed by atoms with van der Waals surface area (Å²) in [4.78, 5) is 14.6. The molecule has 0 unspecified atom stereocenters. The molecular formula is C17H17BrClNO. The summed E-state index contributed by atoms with van der Waals surface area (Å²) >= 11 is 9.42. The van der Waals surface area contributed by atoms with Crippen molar-refractivity contribution in [2.24, 2.45) is 0 Å². The van der Waals surface area contributed by atoms with Crippen LogP contribution in [0.1, 0.15) is 29.8 Å². The molecule has 0 saturated heterocycles. The second kappa shape index (κ2) is 7.10. The molecule has 0 saturated carbocycles. The molecule has 0 N–H and O–H groups in total. The average Bonchev–Trinajstić information content (AvgIpc) is 2.44. The first-order valence-corrected chi connectivity index (χ1v) is 7.95. The van der Waals surface area contributed by atoms with Gasteiger partial charge >= 0.3 is 0 Å². The minimum absolute atomic E-state index is 0.0166. The van der Waals surface area contributed by atoms with Crippen LogP contribution < -0.4 is 0 Å². The fourth-order valence-electron chi connectivity index (χ4n) is 2.11. The Balaban J connectivity index is 2.27. The Hall–Kier alpha value is -1.32. The molecule has 0 bridgehead atoms. The van der Waals surface area contributed by atoms with E-state index in [4.69, 9.17) is 11.6 Å². The van der Waals surface area contributed by atoms with E-state index in [1.807, 2.05) is 49.1 Å². The number of carbonyl (C=O) groups excluding carboxylic acids is 1.